The number of nitrogens with zero attached hydrogens (tertiary/aromatic N) is 1. The minimum Gasteiger partial charge on any atom is -0.366 e. The van der Waals surface area contributed by atoms with Crippen molar-refractivity contribution in [1.29, 1.82) is 0 Å². The molecule has 1 fully saturated rings. The third-order valence-corrected chi connectivity index (χ3v) is 4.80. The Hall–Kier alpha value is -1.44. The molecular formula is C11H15N3O3S. The van der Waals surface area contributed by atoms with Crippen LogP contribution < -0.4 is 11.5 Å². The molecular weight excluding hydrogens is 254 g/mol. The fourth-order valence-corrected chi connectivity index (χ4v) is 3.49. The molecule has 98 valence electrons. The van der Waals surface area contributed by atoms with Crippen LogP contribution in [0.15, 0.2) is 29.2 Å². The maximum atomic E-state index is 12.3. The van der Waals surface area contributed by atoms with Crippen LogP contribution in [0.3, 0.4) is 0 Å². The maximum Gasteiger partial charge on any atom is 0.248 e. The van der Waals surface area contributed by atoms with E-state index >= 15 is 0 Å². The zero-order chi connectivity index (χ0) is 13.3. The Kier molecular flexibility index (Phi) is 3.38. The molecule has 0 unspecified atom stereocenters. The molecule has 1 atom stereocenters. The van der Waals surface area contributed by atoms with Gasteiger partial charge in [0.1, 0.15) is 0 Å². The first-order valence-corrected chi connectivity index (χ1v) is 7.01. The molecule has 2 rings (SSSR count). The Morgan fingerprint density at radius 2 is 2.11 bits per heavy atom. The lowest BCUT2D eigenvalue weighted by atomic mass is 10.2. The van der Waals surface area contributed by atoms with Crippen LogP contribution in [0.1, 0.15) is 16.8 Å². The third kappa shape index (κ3) is 2.38. The average Bonchev–Trinajstić information content (AvgIpc) is 2.77. The van der Waals surface area contributed by atoms with Gasteiger partial charge in [-0.25, -0.2) is 8.42 Å². The van der Waals surface area contributed by atoms with Crippen LogP contribution >= 0.6 is 0 Å². The Morgan fingerprint density at radius 1 is 1.39 bits per heavy atom. The van der Waals surface area contributed by atoms with Gasteiger partial charge < -0.3 is 11.5 Å². The van der Waals surface area contributed by atoms with E-state index in [1.165, 1.54) is 28.6 Å². The molecule has 0 aromatic heterocycles. The average molecular weight is 269 g/mol. The summed E-state index contributed by atoms with van der Waals surface area (Å²) in [5, 5.41) is 0. The number of nitrogens with two attached hydrogens (primary N) is 2. The second kappa shape index (κ2) is 4.68. The molecule has 6 nitrogen and oxygen atoms in total. The van der Waals surface area contributed by atoms with Gasteiger partial charge in [-0.05, 0) is 24.6 Å². The van der Waals surface area contributed by atoms with Crippen molar-refractivity contribution in [3.8, 4) is 0 Å². The lowest BCUT2D eigenvalue weighted by Crippen LogP contribution is -2.32. The van der Waals surface area contributed by atoms with Crippen LogP contribution in [-0.4, -0.2) is 37.8 Å². The van der Waals surface area contributed by atoms with Crippen LogP contribution in [0.2, 0.25) is 0 Å². The molecule has 1 amide bonds. The summed E-state index contributed by atoms with van der Waals surface area (Å²) in [6.45, 7) is 0.716. The molecule has 4 N–H and O–H groups in total. The minimum absolute atomic E-state index is 0.0768. The molecule has 0 bridgehead atoms. The molecule has 1 aromatic rings. The lowest BCUT2D eigenvalue weighted by molar-refractivity contribution is 0.1000. The van der Waals surface area contributed by atoms with Crippen LogP contribution in [0.5, 0.6) is 0 Å². The van der Waals surface area contributed by atoms with E-state index in [0.717, 1.165) is 0 Å². The van der Waals surface area contributed by atoms with Crippen molar-refractivity contribution >= 4 is 15.9 Å². The highest BCUT2D eigenvalue weighted by Gasteiger charge is 2.31. The molecule has 1 saturated heterocycles. The number of hydrogen-bond donors (Lipinski definition) is 2. The molecule has 7 heteroatoms. The van der Waals surface area contributed by atoms with Crippen LogP contribution in [-0.2, 0) is 10.0 Å². The smallest absolute Gasteiger partial charge is 0.248 e. The van der Waals surface area contributed by atoms with E-state index < -0.39 is 15.9 Å². The summed E-state index contributed by atoms with van der Waals surface area (Å²) >= 11 is 0. The summed E-state index contributed by atoms with van der Waals surface area (Å²) in [6.07, 6.45) is 0.648. The Balaban J connectivity index is 2.35. The summed E-state index contributed by atoms with van der Waals surface area (Å²) in [7, 11) is -3.58. The van der Waals surface area contributed by atoms with Crippen molar-refractivity contribution in [1.82, 2.24) is 4.31 Å². The Bertz CT molecular complexity index is 571. The second-order valence-electron chi connectivity index (χ2n) is 4.30. The summed E-state index contributed by atoms with van der Waals surface area (Å²) in [5.74, 6) is -0.648. The van der Waals surface area contributed by atoms with Gasteiger partial charge in [0.05, 0.1) is 4.90 Å². The minimum atomic E-state index is -3.58. The number of benzene rings is 1. The van der Waals surface area contributed by atoms with Gasteiger partial charge in [-0.3, -0.25) is 4.79 Å². The monoisotopic (exact) mass is 269 g/mol. The summed E-state index contributed by atoms with van der Waals surface area (Å²) in [4.78, 5) is 11.1. The standard InChI is InChI=1S/C11H15N3O3S/c12-9-4-5-14(7-9)18(16,17)10-3-1-2-8(6-10)11(13)15/h1-3,6,9H,4-5,7,12H2,(H2,13,15)/t9-/m1/s1. The van der Waals surface area contributed by atoms with Gasteiger partial charge in [0.2, 0.25) is 15.9 Å². The Morgan fingerprint density at radius 3 is 2.67 bits per heavy atom. The van der Waals surface area contributed by atoms with E-state index in [0.29, 0.717) is 19.5 Å². The van der Waals surface area contributed by atoms with Crippen molar-refractivity contribution in [3.05, 3.63) is 29.8 Å². The van der Waals surface area contributed by atoms with E-state index in [1.807, 2.05) is 0 Å². The molecule has 1 aliphatic rings. The largest absolute Gasteiger partial charge is 0.366 e. The van der Waals surface area contributed by atoms with Crippen LogP contribution in [0.25, 0.3) is 0 Å². The molecule has 1 heterocycles. The van der Waals surface area contributed by atoms with E-state index in [2.05, 4.69) is 0 Å². The van der Waals surface area contributed by atoms with E-state index in [4.69, 9.17) is 11.5 Å². The van der Waals surface area contributed by atoms with Gasteiger partial charge in [0, 0.05) is 24.7 Å². The second-order valence-corrected chi connectivity index (χ2v) is 6.24. The van der Waals surface area contributed by atoms with Crippen molar-refractivity contribution < 1.29 is 13.2 Å². The van der Waals surface area contributed by atoms with Gasteiger partial charge in [-0.1, -0.05) is 6.07 Å². The predicted molar refractivity (Wildman–Crippen MR) is 66.3 cm³/mol. The molecule has 1 aromatic carbocycles. The first-order chi connectivity index (χ1) is 8.41. The highest BCUT2D eigenvalue weighted by Crippen LogP contribution is 2.21. The van der Waals surface area contributed by atoms with Crippen molar-refractivity contribution in [2.45, 2.75) is 17.4 Å². The van der Waals surface area contributed by atoms with Crippen molar-refractivity contribution in [3.63, 3.8) is 0 Å². The molecule has 1 aliphatic heterocycles. The lowest BCUT2D eigenvalue weighted by Gasteiger charge is -2.16. The number of rotatable bonds is 3. The maximum absolute atomic E-state index is 12.3. The fraction of sp³-hybridized carbons (Fsp3) is 0.364. The topological polar surface area (TPSA) is 106 Å². The molecule has 0 spiro atoms. The van der Waals surface area contributed by atoms with Crippen molar-refractivity contribution in [2.24, 2.45) is 11.5 Å². The van der Waals surface area contributed by atoms with Gasteiger partial charge in [-0.15, -0.1) is 0 Å². The van der Waals surface area contributed by atoms with Gasteiger partial charge in [0.25, 0.3) is 0 Å². The SMILES string of the molecule is NC(=O)c1cccc(S(=O)(=O)N2CC[C@@H](N)C2)c1. The third-order valence-electron chi connectivity index (χ3n) is 2.94. The summed E-state index contributed by atoms with van der Waals surface area (Å²) in [5.41, 5.74) is 11.0. The molecule has 0 aliphatic carbocycles. The molecule has 18 heavy (non-hydrogen) atoms. The number of carbonyl (C=O) groups is 1. The summed E-state index contributed by atoms with van der Waals surface area (Å²) in [6, 6.07) is 5.60. The molecule has 0 saturated carbocycles. The van der Waals surface area contributed by atoms with Crippen molar-refractivity contribution in [2.75, 3.05) is 13.1 Å². The van der Waals surface area contributed by atoms with E-state index in [9.17, 15) is 13.2 Å². The highest BCUT2D eigenvalue weighted by molar-refractivity contribution is 7.89. The summed E-state index contributed by atoms with van der Waals surface area (Å²) < 4.78 is 25.9. The highest BCUT2D eigenvalue weighted by atomic mass is 32.2. The first-order valence-electron chi connectivity index (χ1n) is 5.57. The zero-order valence-electron chi connectivity index (χ0n) is 9.74. The first kappa shape index (κ1) is 13.0. The number of amides is 1. The van der Waals surface area contributed by atoms with Crippen LogP contribution in [0.4, 0.5) is 0 Å². The van der Waals surface area contributed by atoms with Gasteiger partial charge >= 0.3 is 0 Å². The normalized spacial score (nSPS) is 21.1. The number of carbonyl (C=O) groups excluding carboxylic acids is 1. The van der Waals surface area contributed by atoms with Crippen LogP contribution in [0, 0.1) is 0 Å². The van der Waals surface area contributed by atoms with E-state index in [-0.39, 0.29) is 16.5 Å². The fourth-order valence-electron chi connectivity index (χ4n) is 1.93. The number of primary amides is 1. The van der Waals surface area contributed by atoms with E-state index in [1.54, 1.807) is 0 Å². The predicted octanol–water partition coefficient (Wildman–Crippen LogP) is -0.493. The quantitative estimate of drug-likeness (QED) is 0.772. The number of sulfonamides is 1. The zero-order valence-corrected chi connectivity index (χ0v) is 10.6. The molecule has 0 radical (unpaired) electrons. The van der Waals surface area contributed by atoms with Gasteiger partial charge in [0.15, 0.2) is 0 Å². The van der Waals surface area contributed by atoms with Gasteiger partial charge in [-0.2, -0.15) is 4.31 Å². The Labute approximate surface area is 106 Å². The number of hydrogen-bond acceptors (Lipinski definition) is 4.